The quantitative estimate of drug-likeness (QED) is 0.767. The Hall–Kier alpha value is -1.43. The van der Waals surface area contributed by atoms with Crippen molar-refractivity contribution in [2.24, 2.45) is 0 Å². The Kier molecular flexibility index (Phi) is 4.08. The summed E-state index contributed by atoms with van der Waals surface area (Å²) >= 11 is 0. The summed E-state index contributed by atoms with van der Waals surface area (Å²) in [6.45, 7) is 0.857. The van der Waals surface area contributed by atoms with Gasteiger partial charge in [0.25, 0.3) is 0 Å². The first-order valence-corrected chi connectivity index (χ1v) is 5.46. The number of aromatic nitrogens is 1. The minimum Gasteiger partial charge on any atom is -0.510 e. The van der Waals surface area contributed by atoms with Gasteiger partial charge in [0.05, 0.1) is 19.8 Å². The van der Waals surface area contributed by atoms with Gasteiger partial charge >= 0.3 is 0 Å². The fourth-order valence-electron chi connectivity index (χ4n) is 1.59. The summed E-state index contributed by atoms with van der Waals surface area (Å²) in [5.41, 5.74) is 1.71. The molecule has 0 aliphatic carbocycles. The molecule has 2 heterocycles. The minimum atomic E-state index is -0.353. The van der Waals surface area contributed by atoms with Crippen LogP contribution >= 0.6 is 0 Å². The molecular weight excluding hydrogens is 222 g/mol. The standard InChI is InChI=1S/C12H15NO4/c14-8-11(15)2-1-10-7-9(3-4-13-10)12-16-5-6-17-12/h2-4,7,12,14-15H,1,5-6,8H2/b11-2+. The highest BCUT2D eigenvalue weighted by molar-refractivity contribution is 5.20. The molecule has 0 spiro atoms. The Morgan fingerprint density at radius 3 is 2.94 bits per heavy atom. The third kappa shape index (κ3) is 3.26. The molecule has 1 aliphatic rings. The van der Waals surface area contributed by atoms with Gasteiger partial charge in [-0.2, -0.15) is 0 Å². The van der Waals surface area contributed by atoms with E-state index in [0.29, 0.717) is 19.6 Å². The molecule has 1 fully saturated rings. The molecular formula is C12H15NO4. The highest BCUT2D eigenvalue weighted by Gasteiger charge is 2.18. The van der Waals surface area contributed by atoms with Crippen LogP contribution in [0.5, 0.6) is 0 Å². The smallest absolute Gasteiger partial charge is 0.184 e. The molecule has 92 valence electrons. The number of ether oxygens (including phenoxy) is 2. The largest absolute Gasteiger partial charge is 0.510 e. The highest BCUT2D eigenvalue weighted by Crippen LogP contribution is 2.23. The number of nitrogens with zero attached hydrogens (tertiary/aromatic N) is 1. The lowest BCUT2D eigenvalue weighted by Gasteiger charge is -2.09. The average Bonchev–Trinajstić information content (AvgIpc) is 2.90. The zero-order chi connectivity index (χ0) is 12.1. The van der Waals surface area contributed by atoms with Gasteiger partial charge in [0.15, 0.2) is 6.29 Å². The first-order chi connectivity index (χ1) is 8.29. The van der Waals surface area contributed by atoms with Crippen LogP contribution in [0.15, 0.2) is 30.2 Å². The van der Waals surface area contributed by atoms with E-state index in [1.807, 2.05) is 12.1 Å². The van der Waals surface area contributed by atoms with E-state index in [2.05, 4.69) is 4.98 Å². The monoisotopic (exact) mass is 237 g/mol. The molecule has 5 nitrogen and oxygen atoms in total. The zero-order valence-electron chi connectivity index (χ0n) is 9.37. The van der Waals surface area contributed by atoms with Gasteiger partial charge in [-0.3, -0.25) is 4.98 Å². The van der Waals surface area contributed by atoms with Gasteiger partial charge < -0.3 is 19.7 Å². The van der Waals surface area contributed by atoms with E-state index in [-0.39, 0.29) is 18.7 Å². The molecule has 5 heteroatoms. The number of allylic oxidation sites excluding steroid dienone is 1. The third-order valence-electron chi connectivity index (χ3n) is 2.44. The summed E-state index contributed by atoms with van der Waals surface area (Å²) < 4.78 is 10.8. The summed E-state index contributed by atoms with van der Waals surface area (Å²) in [5, 5.41) is 17.8. The minimum absolute atomic E-state index is 0.0504. The van der Waals surface area contributed by atoms with Crippen molar-refractivity contribution in [3.05, 3.63) is 41.4 Å². The molecule has 2 rings (SSSR count). The fraction of sp³-hybridized carbons (Fsp3) is 0.417. The highest BCUT2D eigenvalue weighted by atomic mass is 16.7. The van der Waals surface area contributed by atoms with Crippen molar-refractivity contribution < 1.29 is 19.7 Å². The van der Waals surface area contributed by atoms with Crippen molar-refractivity contribution >= 4 is 0 Å². The Labute approximate surface area is 99.3 Å². The van der Waals surface area contributed by atoms with Crippen molar-refractivity contribution in [2.75, 3.05) is 19.8 Å². The molecule has 0 amide bonds. The molecule has 0 saturated carbocycles. The van der Waals surface area contributed by atoms with Gasteiger partial charge in [0, 0.05) is 23.9 Å². The first-order valence-electron chi connectivity index (χ1n) is 5.46. The Balaban J connectivity index is 2.06. The predicted molar refractivity (Wildman–Crippen MR) is 60.4 cm³/mol. The SMILES string of the molecule is OC/C(O)=C\Cc1cc(C2OCCO2)ccn1. The Bertz CT molecular complexity index is 399. The van der Waals surface area contributed by atoms with Crippen LogP contribution in [0, 0.1) is 0 Å². The van der Waals surface area contributed by atoms with E-state index in [1.54, 1.807) is 6.20 Å². The second-order valence-corrected chi connectivity index (χ2v) is 3.71. The lowest BCUT2D eigenvalue weighted by molar-refractivity contribution is -0.0442. The summed E-state index contributed by atoms with van der Waals surface area (Å²) in [4.78, 5) is 4.17. The van der Waals surface area contributed by atoms with Crippen molar-refractivity contribution in [2.45, 2.75) is 12.7 Å². The molecule has 0 bridgehead atoms. The topological polar surface area (TPSA) is 71.8 Å². The molecule has 0 atom stereocenters. The van der Waals surface area contributed by atoms with Crippen LogP contribution in [-0.2, 0) is 15.9 Å². The second kappa shape index (κ2) is 5.77. The van der Waals surface area contributed by atoms with Crippen molar-refractivity contribution in [3.8, 4) is 0 Å². The molecule has 17 heavy (non-hydrogen) atoms. The van der Waals surface area contributed by atoms with Gasteiger partial charge in [-0.25, -0.2) is 0 Å². The maximum Gasteiger partial charge on any atom is 0.184 e. The first kappa shape index (κ1) is 12.0. The van der Waals surface area contributed by atoms with E-state index >= 15 is 0 Å². The molecule has 1 aromatic heterocycles. The van der Waals surface area contributed by atoms with Crippen LogP contribution in [0.25, 0.3) is 0 Å². The number of aliphatic hydroxyl groups excluding tert-OH is 2. The van der Waals surface area contributed by atoms with Crippen LogP contribution < -0.4 is 0 Å². The number of pyridine rings is 1. The van der Waals surface area contributed by atoms with Crippen LogP contribution in [0.4, 0.5) is 0 Å². The van der Waals surface area contributed by atoms with Crippen molar-refractivity contribution in [1.82, 2.24) is 4.98 Å². The molecule has 0 aromatic carbocycles. The lowest BCUT2D eigenvalue weighted by Crippen LogP contribution is -2.00. The maximum absolute atomic E-state index is 9.13. The van der Waals surface area contributed by atoms with Gasteiger partial charge in [0.1, 0.15) is 5.76 Å². The van der Waals surface area contributed by atoms with Crippen molar-refractivity contribution in [1.29, 1.82) is 0 Å². The number of aliphatic hydroxyl groups is 2. The summed E-state index contributed by atoms with van der Waals surface area (Å²) in [7, 11) is 0. The summed E-state index contributed by atoms with van der Waals surface area (Å²) in [6.07, 6.45) is 3.36. The summed E-state index contributed by atoms with van der Waals surface area (Å²) in [6, 6.07) is 3.71. The lowest BCUT2D eigenvalue weighted by atomic mass is 10.2. The Morgan fingerprint density at radius 2 is 2.24 bits per heavy atom. The average molecular weight is 237 g/mol. The Morgan fingerprint density at radius 1 is 1.47 bits per heavy atom. The predicted octanol–water partition coefficient (Wildman–Crippen LogP) is 1.10. The molecule has 1 aliphatic heterocycles. The fourth-order valence-corrected chi connectivity index (χ4v) is 1.59. The second-order valence-electron chi connectivity index (χ2n) is 3.71. The van der Waals surface area contributed by atoms with Crippen LogP contribution in [-0.4, -0.2) is 35.0 Å². The van der Waals surface area contributed by atoms with Crippen LogP contribution in [0.3, 0.4) is 0 Å². The molecule has 2 N–H and O–H groups in total. The van der Waals surface area contributed by atoms with E-state index in [0.717, 1.165) is 11.3 Å². The maximum atomic E-state index is 9.13. The molecule has 0 radical (unpaired) electrons. The van der Waals surface area contributed by atoms with Gasteiger partial charge in [-0.15, -0.1) is 0 Å². The van der Waals surface area contributed by atoms with E-state index in [9.17, 15) is 0 Å². The number of hydrogen-bond acceptors (Lipinski definition) is 5. The summed E-state index contributed by atoms with van der Waals surface area (Å²) in [5.74, 6) is -0.0504. The zero-order valence-corrected chi connectivity index (χ0v) is 9.37. The number of hydrogen-bond donors (Lipinski definition) is 2. The van der Waals surface area contributed by atoms with E-state index < -0.39 is 0 Å². The third-order valence-corrected chi connectivity index (χ3v) is 2.44. The van der Waals surface area contributed by atoms with Gasteiger partial charge in [-0.1, -0.05) is 0 Å². The van der Waals surface area contributed by atoms with Gasteiger partial charge in [0.2, 0.25) is 0 Å². The van der Waals surface area contributed by atoms with Crippen LogP contribution in [0.2, 0.25) is 0 Å². The van der Waals surface area contributed by atoms with Gasteiger partial charge in [-0.05, 0) is 18.2 Å². The molecule has 0 unspecified atom stereocenters. The molecule has 1 saturated heterocycles. The molecule has 1 aromatic rings. The number of rotatable bonds is 4. The van der Waals surface area contributed by atoms with Crippen LogP contribution in [0.1, 0.15) is 17.5 Å². The van der Waals surface area contributed by atoms with E-state index in [1.165, 1.54) is 6.08 Å². The van der Waals surface area contributed by atoms with E-state index in [4.69, 9.17) is 19.7 Å². The van der Waals surface area contributed by atoms with Crippen molar-refractivity contribution in [3.63, 3.8) is 0 Å². The normalized spacial score (nSPS) is 17.6.